The van der Waals surface area contributed by atoms with Crippen molar-refractivity contribution in [2.24, 2.45) is 5.92 Å². The Bertz CT molecular complexity index is 576. The molecule has 0 spiro atoms. The molecule has 1 N–H and O–H groups in total. The van der Waals surface area contributed by atoms with Gasteiger partial charge in [-0.25, -0.2) is 0 Å². The summed E-state index contributed by atoms with van der Waals surface area (Å²) < 4.78 is 0. The molecule has 1 heterocycles. The van der Waals surface area contributed by atoms with Gasteiger partial charge in [0.1, 0.15) is 0 Å². The van der Waals surface area contributed by atoms with E-state index in [2.05, 4.69) is 31.3 Å². The summed E-state index contributed by atoms with van der Waals surface area (Å²) in [7, 11) is 3.97. The number of nitrogens with zero attached hydrogens (tertiary/aromatic N) is 2. The monoisotopic (exact) mass is 331 g/mol. The highest BCUT2D eigenvalue weighted by Crippen LogP contribution is 2.25. The standard InChI is InChI=1S/C19H29N3O2/c1-5-14-8-7-9-15(6-2)18(14)20-19(24)16-12-17(23)22(13-16)11-10-21(3)4/h7-9,16H,5-6,10-13H2,1-4H3,(H,20,24). The minimum Gasteiger partial charge on any atom is -0.341 e. The topological polar surface area (TPSA) is 52.7 Å². The number of hydrogen-bond acceptors (Lipinski definition) is 3. The van der Waals surface area contributed by atoms with Crippen molar-refractivity contribution in [2.75, 3.05) is 39.0 Å². The summed E-state index contributed by atoms with van der Waals surface area (Å²) in [6.07, 6.45) is 2.07. The summed E-state index contributed by atoms with van der Waals surface area (Å²) in [6.45, 7) is 6.20. The van der Waals surface area contributed by atoms with E-state index in [1.165, 1.54) is 0 Å². The summed E-state index contributed by atoms with van der Waals surface area (Å²) >= 11 is 0. The van der Waals surface area contributed by atoms with Crippen molar-refractivity contribution in [1.29, 1.82) is 0 Å². The van der Waals surface area contributed by atoms with Crippen LogP contribution in [0.3, 0.4) is 0 Å². The summed E-state index contributed by atoms with van der Waals surface area (Å²) in [6, 6.07) is 6.14. The number of anilines is 1. The highest BCUT2D eigenvalue weighted by molar-refractivity contribution is 5.98. The molecule has 0 radical (unpaired) electrons. The average Bonchev–Trinajstić information content (AvgIpc) is 2.94. The number of benzene rings is 1. The van der Waals surface area contributed by atoms with Gasteiger partial charge in [-0.2, -0.15) is 0 Å². The van der Waals surface area contributed by atoms with Crippen LogP contribution >= 0.6 is 0 Å². The minimum atomic E-state index is -0.255. The maximum absolute atomic E-state index is 12.7. The number of amides is 2. The number of aryl methyl sites for hydroxylation is 2. The first-order chi connectivity index (χ1) is 11.5. The number of nitrogens with one attached hydrogen (secondary N) is 1. The van der Waals surface area contributed by atoms with Crippen molar-refractivity contribution in [1.82, 2.24) is 9.80 Å². The Kier molecular flexibility index (Phi) is 6.37. The van der Waals surface area contributed by atoms with Gasteiger partial charge in [0.15, 0.2) is 0 Å². The van der Waals surface area contributed by atoms with E-state index < -0.39 is 0 Å². The number of hydrogen-bond donors (Lipinski definition) is 1. The van der Waals surface area contributed by atoms with Crippen LogP contribution in [0.4, 0.5) is 5.69 Å². The van der Waals surface area contributed by atoms with E-state index in [0.29, 0.717) is 19.5 Å². The van der Waals surface area contributed by atoms with Gasteiger partial charge in [0.2, 0.25) is 11.8 Å². The zero-order valence-corrected chi connectivity index (χ0v) is 15.3. The van der Waals surface area contributed by atoms with Gasteiger partial charge in [-0.3, -0.25) is 9.59 Å². The predicted molar refractivity (Wildman–Crippen MR) is 97.1 cm³/mol. The normalized spacial score (nSPS) is 17.6. The lowest BCUT2D eigenvalue weighted by Crippen LogP contribution is -2.34. The molecule has 5 nitrogen and oxygen atoms in total. The number of rotatable bonds is 7. The molecule has 5 heteroatoms. The molecular formula is C19H29N3O2. The molecule has 1 atom stereocenters. The second-order valence-electron chi connectivity index (χ2n) is 6.69. The fourth-order valence-electron chi connectivity index (χ4n) is 3.11. The Hall–Kier alpha value is -1.88. The van der Waals surface area contributed by atoms with Gasteiger partial charge in [0.25, 0.3) is 0 Å². The van der Waals surface area contributed by atoms with Gasteiger partial charge >= 0.3 is 0 Å². The summed E-state index contributed by atoms with van der Waals surface area (Å²) in [5, 5.41) is 3.10. The second kappa shape index (κ2) is 8.29. The van der Waals surface area contributed by atoms with Crippen molar-refractivity contribution in [3.63, 3.8) is 0 Å². The van der Waals surface area contributed by atoms with Crippen molar-refractivity contribution < 1.29 is 9.59 Å². The van der Waals surface area contributed by atoms with Crippen LogP contribution in [0, 0.1) is 5.92 Å². The summed E-state index contributed by atoms with van der Waals surface area (Å²) in [5.74, 6) is -0.211. The number of para-hydroxylation sites is 1. The Labute approximate surface area is 145 Å². The van der Waals surface area contributed by atoms with Crippen LogP contribution in [0.2, 0.25) is 0 Å². The Morgan fingerprint density at radius 1 is 1.25 bits per heavy atom. The lowest BCUT2D eigenvalue weighted by atomic mass is 10.0. The molecule has 0 saturated carbocycles. The van der Waals surface area contributed by atoms with E-state index in [1.54, 1.807) is 4.90 Å². The van der Waals surface area contributed by atoms with Crippen LogP contribution in [-0.2, 0) is 22.4 Å². The van der Waals surface area contributed by atoms with E-state index in [-0.39, 0.29) is 17.7 Å². The van der Waals surface area contributed by atoms with Crippen LogP contribution in [0.15, 0.2) is 18.2 Å². The number of likely N-dealkylation sites (tertiary alicyclic amines) is 1. The molecule has 2 rings (SSSR count). The summed E-state index contributed by atoms with van der Waals surface area (Å²) in [5.41, 5.74) is 3.24. The van der Waals surface area contributed by atoms with E-state index >= 15 is 0 Å². The molecule has 0 bridgehead atoms. The Balaban J connectivity index is 2.05. The lowest BCUT2D eigenvalue weighted by Gasteiger charge is -2.20. The van der Waals surface area contributed by atoms with Gasteiger partial charge in [-0.05, 0) is 38.1 Å². The fourth-order valence-corrected chi connectivity index (χ4v) is 3.11. The van der Waals surface area contributed by atoms with Crippen molar-refractivity contribution >= 4 is 17.5 Å². The zero-order valence-electron chi connectivity index (χ0n) is 15.3. The molecule has 0 aliphatic carbocycles. The third kappa shape index (κ3) is 4.35. The molecule has 1 saturated heterocycles. The number of carbonyl (C=O) groups is 2. The van der Waals surface area contributed by atoms with Crippen molar-refractivity contribution in [2.45, 2.75) is 33.1 Å². The van der Waals surface area contributed by atoms with E-state index in [4.69, 9.17) is 0 Å². The molecule has 1 fully saturated rings. The van der Waals surface area contributed by atoms with E-state index in [1.807, 2.05) is 25.1 Å². The highest BCUT2D eigenvalue weighted by atomic mass is 16.2. The smallest absolute Gasteiger partial charge is 0.229 e. The first-order valence-electron chi connectivity index (χ1n) is 8.80. The molecule has 1 aliphatic rings. The van der Waals surface area contributed by atoms with E-state index in [9.17, 15) is 9.59 Å². The first kappa shape index (κ1) is 18.5. The van der Waals surface area contributed by atoms with Crippen LogP contribution in [0.25, 0.3) is 0 Å². The molecule has 2 amide bonds. The lowest BCUT2D eigenvalue weighted by molar-refractivity contribution is -0.128. The molecule has 0 aromatic heterocycles. The maximum Gasteiger partial charge on any atom is 0.229 e. The largest absolute Gasteiger partial charge is 0.341 e. The van der Waals surface area contributed by atoms with Crippen molar-refractivity contribution in [3.05, 3.63) is 29.3 Å². The molecule has 1 aliphatic heterocycles. The van der Waals surface area contributed by atoms with Crippen LogP contribution in [0.5, 0.6) is 0 Å². The number of likely N-dealkylation sites (N-methyl/N-ethyl adjacent to an activating group) is 1. The zero-order chi connectivity index (χ0) is 17.7. The van der Waals surface area contributed by atoms with Gasteiger partial charge in [0.05, 0.1) is 5.92 Å². The van der Waals surface area contributed by atoms with Crippen LogP contribution < -0.4 is 5.32 Å². The minimum absolute atomic E-state index is 0.0358. The molecule has 1 aromatic rings. The molecule has 1 aromatic carbocycles. The van der Waals surface area contributed by atoms with Crippen LogP contribution in [0.1, 0.15) is 31.4 Å². The molecule has 1 unspecified atom stereocenters. The predicted octanol–water partition coefficient (Wildman–Crippen LogP) is 2.16. The fraction of sp³-hybridized carbons (Fsp3) is 0.579. The molecular weight excluding hydrogens is 302 g/mol. The first-order valence-corrected chi connectivity index (χ1v) is 8.80. The Morgan fingerprint density at radius 2 is 1.88 bits per heavy atom. The average molecular weight is 331 g/mol. The van der Waals surface area contributed by atoms with Crippen molar-refractivity contribution in [3.8, 4) is 0 Å². The number of carbonyl (C=O) groups excluding carboxylic acids is 2. The van der Waals surface area contributed by atoms with Gasteiger partial charge in [0, 0.05) is 31.7 Å². The van der Waals surface area contributed by atoms with Gasteiger partial charge in [-0.1, -0.05) is 32.0 Å². The maximum atomic E-state index is 12.7. The second-order valence-corrected chi connectivity index (χ2v) is 6.69. The quantitative estimate of drug-likeness (QED) is 0.833. The summed E-state index contributed by atoms with van der Waals surface area (Å²) in [4.78, 5) is 28.7. The third-order valence-corrected chi connectivity index (χ3v) is 4.65. The van der Waals surface area contributed by atoms with Gasteiger partial charge in [-0.15, -0.1) is 0 Å². The van der Waals surface area contributed by atoms with Gasteiger partial charge < -0.3 is 15.1 Å². The SMILES string of the molecule is CCc1cccc(CC)c1NC(=O)C1CC(=O)N(CCN(C)C)C1. The van der Waals surface area contributed by atoms with Crippen LogP contribution in [-0.4, -0.2) is 55.3 Å². The molecule has 132 valence electrons. The molecule has 24 heavy (non-hydrogen) atoms. The third-order valence-electron chi connectivity index (χ3n) is 4.65. The highest BCUT2D eigenvalue weighted by Gasteiger charge is 2.34. The Morgan fingerprint density at radius 3 is 2.42 bits per heavy atom. The van der Waals surface area contributed by atoms with E-state index in [0.717, 1.165) is 36.2 Å².